The summed E-state index contributed by atoms with van der Waals surface area (Å²) in [7, 11) is 0. The number of aliphatic imine (C=N–C) groups is 1. The first-order valence-corrected chi connectivity index (χ1v) is 10.2. The predicted molar refractivity (Wildman–Crippen MR) is 127 cm³/mol. The van der Waals surface area contributed by atoms with E-state index in [1.54, 1.807) is 0 Å². The van der Waals surface area contributed by atoms with Gasteiger partial charge >= 0.3 is 0 Å². The van der Waals surface area contributed by atoms with Crippen molar-refractivity contribution in [1.29, 1.82) is 0 Å². The number of imidazole rings is 1. The van der Waals surface area contributed by atoms with Gasteiger partial charge in [-0.3, -0.25) is 4.99 Å². The number of guanidine groups is 1. The molecule has 2 atom stereocenters. The molecule has 0 spiro atoms. The van der Waals surface area contributed by atoms with Crippen molar-refractivity contribution >= 4 is 29.9 Å². The van der Waals surface area contributed by atoms with Crippen LogP contribution in [-0.2, 0) is 5.41 Å². The SMILES string of the molecule is CCNC(=NCC(C)(C)c1ccc(F)cc1)N1CCC(C)C(n2ccnc2)C1.I. The molecule has 2 aromatic rings. The second kappa shape index (κ2) is 10.4. The van der Waals surface area contributed by atoms with E-state index in [4.69, 9.17) is 4.99 Å². The van der Waals surface area contributed by atoms with E-state index in [1.807, 2.05) is 30.9 Å². The van der Waals surface area contributed by atoms with Gasteiger partial charge in [0.05, 0.1) is 18.9 Å². The second-order valence-electron chi connectivity index (χ2n) is 8.35. The summed E-state index contributed by atoms with van der Waals surface area (Å²) in [4.78, 5) is 11.5. The summed E-state index contributed by atoms with van der Waals surface area (Å²) in [5.74, 6) is 1.35. The molecule has 2 heterocycles. The minimum absolute atomic E-state index is 0. The minimum atomic E-state index is -0.204. The number of aromatic nitrogens is 2. The van der Waals surface area contributed by atoms with Crippen molar-refractivity contribution in [3.63, 3.8) is 0 Å². The van der Waals surface area contributed by atoms with E-state index < -0.39 is 0 Å². The molecule has 29 heavy (non-hydrogen) atoms. The van der Waals surface area contributed by atoms with Crippen LogP contribution in [0.5, 0.6) is 0 Å². The third kappa shape index (κ3) is 5.93. The number of nitrogens with one attached hydrogen (secondary N) is 1. The summed E-state index contributed by atoms with van der Waals surface area (Å²) < 4.78 is 15.5. The Labute approximate surface area is 190 Å². The molecule has 1 saturated heterocycles. The van der Waals surface area contributed by atoms with Crippen LogP contribution in [0.25, 0.3) is 0 Å². The van der Waals surface area contributed by atoms with Crippen LogP contribution in [0.15, 0.2) is 48.0 Å². The van der Waals surface area contributed by atoms with Gasteiger partial charge in [-0.05, 0) is 37.0 Å². The monoisotopic (exact) mass is 513 g/mol. The molecule has 0 amide bonds. The number of benzene rings is 1. The molecule has 2 unspecified atom stereocenters. The average molecular weight is 513 g/mol. The second-order valence-corrected chi connectivity index (χ2v) is 8.35. The van der Waals surface area contributed by atoms with E-state index in [1.165, 1.54) is 12.1 Å². The summed E-state index contributed by atoms with van der Waals surface area (Å²) in [5.41, 5.74) is 0.929. The Morgan fingerprint density at radius 3 is 2.66 bits per heavy atom. The van der Waals surface area contributed by atoms with Gasteiger partial charge in [0.15, 0.2) is 5.96 Å². The smallest absolute Gasteiger partial charge is 0.194 e. The van der Waals surface area contributed by atoms with Gasteiger partial charge in [-0.25, -0.2) is 9.37 Å². The number of hydrogen-bond donors (Lipinski definition) is 1. The Balaban J connectivity index is 0.00000300. The fourth-order valence-corrected chi connectivity index (χ4v) is 3.79. The van der Waals surface area contributed by atoms with E-state index in [9.17, 15) is 4.39 Å². The maximum absolute atomic E-state index is 13.3. The Kier molecular flexibility index (Phi) is 8.48. The standard InChI is InChI=1S/C22H32FN5.HI/c1-5-25-21(26-15-22(3,4)18-6-8-19(23)9-7-18)27-12-10-17(2)20(14-27)28-13-11-24-16-28;/h6-9,11,13,16-17,20H,5,10,12,14-15H2,1-4H3,(H,25,26);1H. The Morgan fingerprint density at radius 2 is 2.03 bits per heavy atom. The van der Waals surface area contributed by atoms with Gasteiger partial charge in [0, 0.05) is 37.4 Å². The average Bonchev–Trinajstić information content (AvgIpc) is 3.20. The zero-order valence-corrected chi connectivity index (χ0v) is 20.1. The largest absolute Gasteiger partial charge is 0.357 e. The molecule has 7 heteroatoms. The highest BCUT2D eigenvalue weighted by Crippen LogP contribution is 2.28. The van der Waals surface area contributed by atoms with E-state index in [2.05, 4.69) is 47.5 Å². The summed E-state index contributed by atoms with van der Waals surface area (Å²) >= 11 is 0. The third-order valence-electron chi connectivity index (χ3n) is 5.71. The van der Waals surface area contributed by atoms with E-state index >= 15 is 0 Å². The molecule has 0 radical (unpaired) electrons. The van der Waals surface area contributed by atoms with Crippen molar-refractivity contribution in [2.24, 2.45) is 10.9 Å². The zero-order valence-electron chi connectivity index (χ0n) is 17.8. The first-order chi connectivity index (χ1) is 13.4. The number of likely N-dealkylation sites (tertiary alicyclic amines) is 1. The number of hydrogen-bond acceptors (Lipinski definition) is 2. The molecular weight excluding hydrogens is 480 g/mol. The molecule has 3 rings (SSSR count). The van der Waals surface area contributed by atoms with Gasteiger partial charge in [0.1, 0.15) is 5.82 Å². The summed E-state index contributed by atoms with van der Waals surface area (Å²) in [6, 6.07) is 7.15. The van der Waals surface area contributed by atoms with Crippen LogP contribution < -0.4 is 5.32 Å². The van der Waals surface area contributed by atoms with Gasteiger partial charge in [0.2, 0.25) is 0 Å². The number of nitrogens with zero attached hydrogens (tertiary/aromatic N) is 4. The maximum Gasteiger partial charge on any atom is 0.194 e. The fraction of sp³-hybridized carbons (Fsp3) is 0.545. The first-order valence-electron chi connectivity index (χ1n) is 10.2. The molecule has 0 bridgehead atoms. The molecule has 1 aromatic carbocycles. The van der Waals surface area contributed by atoms with E-state index in [0.29, 0.717) is 18.5 Å². The van der Waals surface area contributed by atoms with Gasteiger partial charge in [-0.1, -0.05) is 32.9 Å². The molecule has 1 aliphatic heterocycles. The van der Waals surface area contributed by atoms with Gasteiger partial charge in [0.25, 0.3) is 0 Å². The van der Waals surface area contributed by atoms with Gasteiger partial charge in [-0.2, -0.15) is 0 Å². The maximum atomic E-state index is 13.3. The summed E-state index contributed by atoms with van der Waals surface area (Å²) in [6.07, 6.45) is 6.92. The van der Waals surface area contributed by atoms with Crippen molar-refractivity contribution in [3.05, 3.63) is 54.4 Å². The lowest BCUT2D eigenvalue weighted by molar-refractivity contribution is 0.188. The van der Waals surface area contributed by atoms with E-state index in [0.717, 1.165) is 37.6 Å². The van der Waals surface area contributed by atoms with Gasteiger partial charge < -0.3 is 14.8 Å². The molecule has 1 fully saturated rings. The van der Waals surface area contributed by atoms with Crippen LogP contribution in [0.2, 0.25) is 0 Å². The molecule has 1 aromatic heterocycles. The first kappa shape index (κ1) is 23.6. The lowest BCUT2D eigenvalue weighted by Crippen LogP contribution is -2.49. The fourth-order valence-electron chi connectivity index (χ4n) is 3.79. The van der Waals surface area contributed by atoms with Crippen molar-refractivity contribution in [1.82, 2.24) is 19.8 Å². The normalized spacial score (nSPS) is 20.3. The lowest BCUT2D eigenvalue weighted by Gasteiger charge is -2.39. The van der Waals surface area contributed by atoms with Crippen molar-refractivity contribution in [3.8, 4) is 0 Å². The highest BCUT2D eigenvalue weighted by Gasteiger charge is 2.29. The minimum Gasteiger partial charge on any atom is -0.357 e. The Morgan fingerprint density at radius 1 is 1.31 bits per heavy atom. The Bertz CT molecular complexity index is 773. The number of rotatable bonds is 5. The molecular formula is C22H33FIN5. The van der Waals surface area contributed by atoms with Crippen molar-refractivity contribution < 1.29 is 4.39 Å². The van der Waals surface area contributed by atoms with Crippen LogP contribution in [0.4, 0.5) is 4.39 Å². The van der Waals surface area contributed by atoms with Gasteiger partial charge in [-0.15, -0.1) is 24.0 Å². The van der Waals surface area contributed by atoms with Crippen molar-refractivity contribution in [2.45, 2.75) is 45.6 Å². The third-order valence-corrected chi connectivity index (χ3v) is 5.71. The lowest BCUT2D eigenvalue weighted by atomic mass is 9.85. The van der Waals surface area contributed by atoms with Crippen LogP contribution >= 0.6 is 24.0 Å². The number of halogens is 2. The van der Waals surface area contributed by atoms with E-state index in [-0.39, 0.29) is 35.2 Å². The Hall–Kier alpha value is -1.64. The molecule has 160 valence electrons. The van der Waals surface area contributed by atoms with Crippen LogP contribution in [-0.4, -0.2) is 46.6 Å². The molecule has 0 saturated carbocycles. The van der Waals surface area contributed by atoms with Crippen molar-refractivity contribution in [2.75, 3.05) is 26.2 Å². The highest BCUT2D eigenvalue weighted by molar-refractivity contribution is 14.0. The molecule has 5 nitrogen and oxygen atoms in total. The quantitative estimate of drug-likeness (QED) is 0.365. The van der Waals surface area contributed by atoms with Crippen LogP contribution in [0, 0.1) is 11.7 Å². The predicted octanol–water partition coefficient (Wildman–Crippen LogP) is 4.47. The number of piperidine rings is 1. The summed E-state index contributed by atoms with van der Waals surface area (Å²) in [5, 5.41) is 3.46. The molecule has 1 aliphatic rings. The molecule has 0 aliphatic carbocycles. The topological polar surface area (TPSA) is 45.5 Å². The molecule has 1 N–H and O–H groups in total. The highest BCUT2D eigenvalue weighted by atomic mass is 127. The summed E-state index contributed by atoms with van der Waals surface area (Å²) in [6.45, 7) is 12.1. The van der Waals surface area contributed by atoms with Crippen LogP contribution in [0.1, 0.15) is 45.7 Å². The zero-order chi connectivity index (χ0) is 20.1. The van der Waals surface area contributed by atoms with Crippen LogP contribution in [0.3, 0.4) is 0 Å².